The fourth-order valence-electron chi connectivity index (χ4n) is 2.10. The molecule has 3 nitrogen and oxygen atoms in total. The highest BCUT2D eigenvalue weighted by molar-refractivity contribution is 5.51. The molecule has 0 amide bonds. The Kier molecular flexibility index (Phi) is 5.42. The average molecular weight is 270 g/mol. The van der Waals surface area contributed by atoms with Crippen LogP contribution in [0.25, 0.3) is 0 Å². The van der Waals surface area contributed by atoms with Gasteiger partial charge in [-0.2, -0.15) is 0 Å². The lowest BCUT2D eigenvalue weighted by Gasteiger charge is -2.20. The molecular weight excluding hydrogens is 248 g/mol. The fourth-order valence-corrected chi connectivity index (χ4v) is 2.10. The summed E-state index contributed by atoms with van der Waals surface area (Å²) in [4.78, 5) is 4.41. The molecule has 0 spiro atoms. The maximum atomic E-state index is 5.74. The van der Waals surface area contributed by atoms with Crippen molar-refractivity contribution in [2.75, 3.05) is 11.9 Å². The predicted octanol–water partition coefficient (Wildman–Crippen LogP) is 4.43. The van der Waals surface area contributed by atoms with Crippen LogP contribution in [0.2, 0.25) is 0 Å². The van der Waals surface area contributed by atoms with Crippen LogP contribution in [-0.4, -0.2) is 11.6 Å². The minimum atomic E-state index is 0.245. The maximum Gasteiger partial charge on any atom is 0.169 e. The number of aromatic nitrogens is 1. The molecule has 1 aromatic carbocycles. The molecule has 0 aliphatic rings. The van der Waals surface area contributed by atoms with Gasteiger partial charge in [-0.1, -0.05) is 44.2 Å². The van der Waals surface area contributed by atoms with E-state index in [0.717, 1.165) is 24.4 Å². The highest BCUT2D eigenvalue weighted by atomic mass is 16.5. The molecule has 1 unspecified atom stereocenters. The van der Waals surface area contributed by atoms with Gasteiger partial charge >= 0.3 is 0 Å². The van der Waals surface area contributed by atoms with Crippen LogP contribution in [0.1, 0.15) is 38.3 Å². The van der Waals surface area contributed by atoms with Gasteiger partial charge in [-0.15, -0.1) is 0 Å². The molecule has 0 aliphatic carbocycles. The van der Waals surface area contributed by atoms with Crippen molar-refractivity contribution in [3.05, 3.63) is 54.2 Å². The number of nitrogens with zero attached hydrogens (tertiary/aromatic N) is 1. The Labute approximate surface area is 121 Å². The van der Waals surface area contributed by atoms with Gasteiger partial charge in [0, 0.05) is 6.20 Å². The first kappa shape index (κ1) is 14.4. The Morgan fingerprint density at radius 1 is 1.10 bits per heavy atom. The summed E-state index contributed by atoms with van der Waals surface area (Å²) < 4.78 is 5.74. The lowest BCUT2D eigenvalue weighted by molar-refractivity contribution is 0.317. The van der Waals surface area contributed by atoms with Gasteiger partial charge in [0.05, 0.1) is 12.6 Å². The van der Waals surface area contributed by atoms with Crippen molar-refractivity contribution in [3.8, 4) is 5.75 Å². The van der Waals surface area contributed by atoms with Gasteiger partial charge in [0.1, 0.15) is 0 Å². The maximum absolute atomic E-state index is 5.74. The number of anilines is 1. The molecule has 0 aliphatic heterocycles. The number of hydrogen-bond donors (Lipinski definition) is 1. The quantitative estimate of drug-likeness (QED) is 0.808. The second-order valence-corrected chi connectivity index (χ2v) is 4.71. The van der Waals surface area contributed by atoms with Gasteiger partial charge in [-0.3, -0.25) is 0 Å². The molecule has 2 aromatic rings. The summed E-state index contributed by atoms with van der Waals surface area (Å²) in [6.07, 6.45) is 3.77. The van der Waals surface area contributed by atoms with Crippen LogP contribution in [0, 0.1) is 0 Å². The summed E-state index contributed by atoms with van der Waals surface area (Å²) in [6.45, 7) is 4.98. The Bertz CT molecular complexity index is 513. The van der Waals surface area contributed by atoms with E-state index in [2.05, 4.69) is 48.4 Å². The van der Waals surface area contributed by atoms with Crippen LogP contribution in [0.3, 0.4) is 0 Å². The van der Waals surface area contributed by atoms with Gasteiger partial charge in [0.15, 0.2) is 11.6 Å². The summed E-state index contributed by atoms with van der Waals surface area (Å²) in [5.41, 5.74) is 1.27. The predicted molar refractivity (Wildman–Crippen MR) is 83.1 cm³/mol. The minimum absolute atomic E-state index is 0.245. The van der Waals surface area contributed by atoms with Crippen molar-refractivity contribution >= 4 is 5.82 Å². The Morgan fingerprint density at radius 2 is 1.90 bits per heavy atom. The molecule has 0 saturated carbocycles. The van der Waals surface area contributed by atoms with Crippen LogP contribution in [0.5, 0.6) is 5.75 Å². The number of pyridine rings is 1. The van der Waals surface area contributed by atoms with E-state index in [9.17, 15) is 0 Å². The van der Waals surface area contributed by atoms with Crippen LogP contribution in [0.15, 0.2) is 48.7 Å². The Morgan fingerprint density at radius 3 is 2.60 bits per heavy atom. The largest absolute Gasteiger partial charge is 0.490 e. The number of hydrogen-bond acceptors (Lipinski definition) is 3. The lowest BCUT2D eigenvalue weighted by Crippen LogP contribution is -2.12. The molecule has 0 radical (unpaired) electrons. The molecule has 1 N–H and O–H groups in total. The summed E-state index contributed by atoms with van der Waals surface area (Å²) in [5.74, 6) is 1.64. The fraction of sp³-hybridized carbons (Fsp3) is 0.353. The molecule has 0 saturated heterocycles. The molecule has 106 valence electrons. The third-order valence-corrected chi connectivity index (χ3v) is 3.15. The van der Waals surface area contributed by atoms with E-state index in [1.165, 1.54) is 5.56 Å². The molecule has 2 rings (SSSR count). The summed E-state index contributed by atoms with van der Waals surface area (Å²) in [5, 5.41) is 3.49. The Hall–Kier alpha value is -2.03. The third kappa shape index (κ3) is 3.73. The van der Waals surface area contributed by atoms with Crippen LogP contribution in [0.4, 0.5) is 5.82 Å². The topological polar surface area (TPSA) is 34.1 Å². The number of nitrogens with one attached hydrogen (secondary N) is 1. The zero-order valence-corrected chi connectivity index (χ0v) is 12.2. The summed E-state index contributed by atoms with van der Waals surface area (Å²) in [7, 11) is 0. The molecule has 0 bridgehead atoms. The zero-order chi connectivity index (χ0) is 14.2. The van der Waals surface area contributed by atoms with Gasteiger partial charge < -0.3 is 10.1 Å². The van der Waals surface area contributed by atoms with Crippen LogP contribution < -0.4 is 10.1 Å². The van der Waals surface area contributed by atoms with Crippen molar-refractivity contribution in [2.24, 2.45) is 0 Å². The van der Waals surface area contributed by atoms with E-state index in [0.29, 0.717) is 6.61 Å². The van der Waals surface area contributed by atoms with E-state index in [1.54, 1.807) is 6.20 Å². The minimum Gasteiger partial charge on any atom is -0.490 e. The number of rotatable bonds is 7. The van der Waals surface area contributed by atoms with E-state index in [4.69, 9.17) is 4.74 Å². The SMILES string of the molecule is CCCOc1cccnc1NC(CC)c1ccccc1. The standard InChI is InChI=1S/C17H22N2O/c1-3-13-20-16-11-8-12-18-17(16)19-15(4-2)14-9-6-5-7-10-14/h5-12,15H,3-4,13H2,1-2H3,(H,18,19). The lowest BCUT2D eigenvalue weighted by atomic mass is 10.0. The number of benzene rings is 1. The molecular formula is C17H22N2O. The van der Waals surface area contributed by atoms with E-state index < -0.39 is 0 Å². The van der Waals surface area contributed by atoms with E-state index >= 15 is 0 Å². The van der Waals surface area contributed by atoms with Crippen molar-refractivity contribution in [3.63, 3.8) is 0 Å². The van der Waals surface area contributed by atoms with Gasteiger partial charge in [0.2, 0.25) is 0 Å². The monoisotopic (exact) mass is 270 g/mol. The molecule has 3 heteroatoms. The molecule has 1 aromatic heterocycles. The van der Waals surface area contributed by atoms with Crippen molar-refractivity contribution in [2.45, 2.75) is 32.7 Å². The normalized spacial score (nSPS) is 11.9. The smallest absolute Gasteiger partial charge is 0.169 e. The Balaban J connectivity index is 2.15. The molecule has 1 atom stereocenters. The second kappa shape index (κ2) is 7.53. The van der Waals surface area contributed by atoms with E-state index in [1.807, 2.05) is 18.2 Å². The highest BCUT2D eigenvalue weighted by Gasteiger charge is 2.12. The molecule has 20 heavy (non-hydrogen) atoms. The van der Waals surface area contributed by atoms with Gasteiger partial charge in [-0.25, -0.2) is 4.98 Å². The first-order valence-corrected chi connectivity index (χ1v) is 7.24. The van der Waals surface area contributed by atoms with Crippen LogP contribution in [-0.2, 0) is 0 Å². The number of ether oxygens (including phenoxy) is 1. The zero-order valence-electron chi connectivity index (χ0n) is 12.2. The first-order chi connectivity index (χ1) is 9.85. The highest BCUT2D eigenvalue weighted by Crippen LogP contribution is 2.27. The summed E-state index contributed by atoms with van der Waals surface area (Å²) in [6, 6.07) is 14.5. The van der Waals surface area contributed by atoms with Crippen LogP contribution >= 0.6 is 0 Å². The van der Waals surface area contributed by atoms with Gasteiger partial charge in [0.25, 0.3) is 0 Å². The molecule has 1 heterocycles. The first-order valence-electron chi connectivity index (χ1n) is 7.24. The second-order valence-electron chi connectivity index (χ2n) is 4.71. The third-order valence-electron chi connectivity index (χ3n) is 3.15. The average Bonchev–Trinajstić information content (AvgIpc) is 2.52. The van der Waals surface area contributed by atoms with Crippen molar-refractivity contribution in [1.29, 1.82) is 0 Å². The van der Waals surface area contributed by atoms with Crippen molar-refractivity contribution in [1.82, 2.24) is 4.98 Å². The summed E-state index contributed by atoms with van der Waals surface area (Å²) >= 11 is 0. The van der Waals surface area contributed by atoms with Gasteiger partial charge in [-0.05, 0) is 30.5 Å². The molecule has 0 fully saturated rings. The van der Waals surface area contributed by atoms with Crippen molar-refractivity contribution < 1.29 is 4.74 Å². The van der Waals surface area contributed by atoms with E-state index in [-0.39, 0.29) is 6.04 Å².